The fourth-order valence-electron chi connectivity index (χ4n) is 5.07. The maximum atomic E-state index is 13.0. The molecular formula is C26H30ClN3O2. The van der Waals surface area contributed by atoms with Crippen LogP contribution in [0, 0.1) is 6.92 Å². The Morgan fingerprint density at radius 3 is 2.62 bits per heavy atom. The van der Waals surface area contributed by atoms with Gasteiger partial charge in [0.15, 0.2) is 0 Å². The van der Waals surface area contributed by atoms with Gasteiger partial charge in [-0.3, -0.25) is 9.69 Å². The third kappa shape index (κ3) is 3.90. The molecule has 6 heteroatoms. The summed E-state index contributed by atoms with van der Waals surface area (Å²) >= 11 is 6.22. The zero-order valence-corrected chi connectivity index (χ0v) is 20.1. The van der Waals surface area contributed by atoms with Gasteiger partial charge in [0, 0.05) is 22.8 Å². The average molecular weight is 452 g/mol. The van der Waals surface area contributed by atoms with Crippen molar-refractivity contribution in [1.82, 2.24) is 10.2 Å². The molecule has 1 N–H and O–H groups in total. The molecule has 5 nitrogen and oxygen atoms in total. The lowest BCUT2D eigenvalue weighted by Crippen LogP contribution is -2.48. The van der Waals surface area contributed by atoms with Gasteiger partial charge in [-0.2, -0.15) is 0 Å². The van der Waals surface area contributed by atoms with E-state index in [1.165, 1.54) is 16.2 Å². The van der Waals surface area contributed by atoms with Crippen molar-refractivity contribution in [1.29, 1.82) is 0 Å². The minimum Gasteiger partial charge on any atom is -0.366 e. The minimum absolute atomic E-state index is 0.0994. The van der Waals surface area contributed by atoms with Crippen molar-refractivity contribution >= 4 is 35.3 Å². The maximum Gasteiger partial charge on any atom is 0.329 e. The molecule has 0 bridgehead atoms. The van der Waals surface area contributed by atoms with Gasteiger partial charge in [0.2, 0.25) is 0 Å². The molecular weight excluding hydrogens is 422 g/mol. The van der Waals surface area contributed by atoms with Gasteiger partial charge in [0.25, 0.3) is 5.91 Å². The van der Waals surface area contributed by atoms with Gasteiger partial charge in [0.05, 0.1) is 6.54 Å². The smallest absolute Gasteiger partial charge is 0.329 e. The lowest BCUT2D eigenvalue weighted by molar-refractivity contribution is -0.123. The molecule has 168 valence electrons. The molecule has 0 radical (unpaired) electrons. The van der Waals surface area contributed by atoms with Crippen molar-refractivity contribution in [2.45, 2.75) is 59.0 Å². The third-order valence-corrected chi connectivity index (χ3v) is 7.01. The van der Waals surface area contributed by atoms with E-state index in [2.05, 4.69) is 57.0 Å². The largest absolute Gasteiger partial charge is 0.366 e. The van der Waals surface area contributed by atoms with Gasteiger partial charge < -0.3 is 10.2 Å². The molecule has 1 unspecified atom stereocenters. The summed E-state index contributed by atoms with van der Waals surface area (Å²) in [7, 11) is 0. The molecule has 2 aliphatic heterocycles. The van der Waals surface area contributed by atoms with E-state index in [1.807, 2.05) is 18.2 Å². The zero-order valence-electron chi connectivity index (χ0n) is 19.3. The van der Waals surface area contributed by atoms with E-state index in [4.69, 9.17) is 11.6 Å². The van der Waals surface area contributed by atoms with Crippen LogP contribution in [0.25, 0.3) is 6.08 Å². The molecule has 4 rings (SSSR count). The second-order valence-electron chi connectivity index (χ2n) is 9.40. The predicted molar refractivity (Wildman–Crippen MR) is 130 cm³/mol. The number of benzene rings is 2. The Morgan fingerprint density at radius 2 is 1.94 bits per heavy atom. The van der Waals surface area contributed by atoms with Gasteiger partial charge in [0.1, 0.15) is 5.70 Å². The number of nitrogens with zero attached hydrogens (tertiary/aromatic N) is 2. The first-order chi connectivity index (χ1) is 15.1. The summed E-state index contributed by atoms with van der Waals surface area (Å²) in [5.41, 5.74) is 5.70. The van der Waals surface area contributed by atoms with E-state index in [9.17, 15) is 9.59 Å². The summed E-state index contributed by atoms with van der Waals surface area (Å²) in [6, 6.07) is 11.2. The van der Waals surface area contributed by atoms with E-state index in [-0.39, 0.29) is 18.0 Å². The van der Waals surface area contributed by atoms with Crippen molar-refractivity contribution < 1.29 is 9.59 Å². The number of amides is 3. The topological polar surface area (TPSA) is 52.7 Å². The Hall–Kier alpha value is -2.79. The van der Waals surface area contributed by atoms with E-state index in [0.717, 1.165) is 29.7 Å². The van der Waals surface area contributed by atoms with Crippen LogP contribution in [-0.4, -0.2) is 28.9 Å². The molecule has 2 aliphatic rings. The van der Waals surface area contributed by atoms with Gasteiger partial charge in [-0.05, 0) is 86.6 Å². The fraction of sp³-hybridized carbons (Fsp3) is 0.385. The quantitative estimate of drug-likeness (QED) is 0.468. The average Bonchev–Trinajstić information content (AvgIpc) is 2.98. The summed E-state index contributed by atoms with van der Waals surface area (Å²) < 4.78 is 0. The number of hydrogen-bond donors (Lipinski definition) is 1. The first-order valence-electron chi connectivity index (χ1n) is 11.1. The Bertz CT molecular complexity index is 1120. The third-order valence-electron chi connectivity index (χ3n) is 6.64. The molecule has 1 fully saturated rings. The summed E-state index contributed by atoms with van der Waals surface area (Å²) in [6.45, 7) is 12.2. The molecule has 0 aromatic heterocycles. The van der Waals surface area contributed by atoms with Crippen LogP contribution in [0.1, 0.15) is 62.3 Å². The fourth-order valence-corrected chi connectivity index (χ4v) is 5.27. The molecule has 2 aromatic rings. The van der Waals surface area contributed by atoms with Crippen LogP contribution in [0.5, 0.6) is 0 Å². The van der Waals surface area contributed by atoms with Gasteiger partial charge in [-0.15, -0.1) is 0 Å². The molecule has 0 spiro atoms. The zero-order chi connectivity index (χ0) is 23.2. The number of anilines is 1. The monoisotopic (exact) mass is 451 g/mol. The highest BCUT2D eigenvalue weighted by Gasteiger charge is 2.37. The summed E-state index contributed by atoms with van der Waals surface area (Å²) in [4.78, 5) is 29.2. The van der Waals surface area contributed by atoms with Crippen molar-refractivity contribution in [2.24, 2.45) is 0 Å². The molecule has 3 amide bonds. The van der Waals surface area contributed by atoms with Crippen LogP contribution >= 0.6 is 11.6 Å². The van der Waals surface area contributed by atoms with E-state index >= 15 is 0 Å². The van der Waals surface area contributed by atoms with E-state index in [0.29, 0.717) is 16.6 Å². The highest BCUT2D eigenvalue weighted by Crippen LogP contribution is 2.44. The molecule has 32 heavy (non-hydrogen) atoms. The van der Waals surface area contributed by atoms with Crippen LogP contribution in [-0.2, 0) is 11.3 Å². The van der Waals surface area contributed by atoms with Crippen LogP contribution in [0.15, 0.2) is 42.1 Å². The molecule has 0 saturated carbocycles. The SMILES string of the molecule is CCN1c2cc(C)c(/C=C3/NC(=O)N(Cc4ccccc4Cl)C3=O)cc2C(C)CC1(C)C. The number of imide groups is 1. The predicted octanol–water partition coefficient (Wildman–Crippen LogP) is 5.85. The number of halogens is 1. The standard InChI is InChI=1S/C26H30ClN3O2/c1-6-30-23-11-16(2)19(12-20(23)17(3)14-26(30,4)5)13-22-24(31)29(25(32)28-22)15-18-9-7-8-10-21(18)27/h7-13,17H,6,14-15H2,1-5H3,(H,28,32)/b22-13+. The van der Waals surface area contributed by atoms with Gasteiger partial charge >= 0.3 is 6.03 Å². The summed E-state index contributed by atoms with van der Waals surface area (Å²) in [5, 5.41) is 3.27. The normalized spacial score (nSPS) is 21.2. The molecule has 0 aliphatic carbocycles. The van der Waals surface area contributed by atoms with Crippen molar-refractivity contribution in [2.75, 3.05) is 11.4 Å². The first kappa shape index (κ1) is 22.4. The number of hydrogen-bond acceptors (Lipinski definition) is 3. The highest BCUT2D eigenvalue weighted by atomic mass is 35.5. The summed E-state index contributed by atoms with van der Waals surface area (Å²) in [5.74, 6) is 0.0718. The van der Waals surface area contributed by atoms with Crippen molar-refractivity contribution in [3.05, 3.63) is 69.4 Å². The number of fused-ring (bicyclic) bond motifs is 1. The second-order valence-corrected chi connectivity index (χ2v) is 9.81. The number of carbonyl (C=O) groups is 2. The maximum absolute atomic E-state index is 13.0. The van der Waals surface area contributed by atoms with E-state index in [1.54, 1.807) is 12.1 Å². The van der Waals surface area contributed by atoms with Gasteiger partial charge in [-0.25, -0.2) is 4.79 Å². The Kier molecular flexibility index (Phi) is 5.80. The molecule has 2 aromatic carbocycles. The Morgan fingerprint density at radius 1 is 1.22 bits per heavy atom. The van der Waals surface area contributed by atoms with Gasteiger partial charge in [-0.1, -0.05) is 36.7 Å². The van der Waals surface area contributed by atoms with Crippen molar-refractivity contribution in [3.63, 3.8) is 0 Å². The number of aryl methyl sites for hydroxylation is 1. The highest BCUT2D eigenvalue weighted by molar-refractivity contribution is 6.31. The Balaban J connectivity index is 1.66. The lowest BCUT2D eigenvalue weighted by Gasteiger charge is -2.47. The first-order valence-corrected chi connectivity index (χ1v) is 11.5. The summed E-state index contributed by atoms with van der Waals surface area (Å²) in [6.07, 6.45) is 2.86. The molecule has 2 heterocycles. The second kappa shape index (κ2) is 8.28. The lowest BCUT2D eigenvalue weighted by atomic mass is 9.79. The minimum atomic E-state index is -0.427. The van der Waals surface area contributed by atoms with Crippen LogP contribution in [0.3, 0.4) is 0 Å². The Labute approximate surface area is 195 Å². The van der Waals surface area contributed by atoms with Crippen LogP contribution in [0.4, 0.5) is 10.5 Å². The van der Waals surface area contributed by atoms with Crippen LogP contribution in [0.2, 0.25) is 5.02 Å². The molecule has 1 saturated heterocycles. The number of urea groups is 1. The van der Waals surface area contributed by atoms with Crippen LogP contribution < -0.4 is 10.2 Å². The van der Waals surface area contributed by atoms with Crippen molar-refractivity contribution in [3.8, 4) is 0 Å². The number of nitrogens with one attached hydrogen (secondary N) is 1. The van der Waals surface area contributed by atoms with E-state index < -0.39 is 6.03 Å². The number of rotatable bonds is 4. The number of carbonyl (C=O) groups excluding carboxylic acids is 2. The molecule has 1 atom stereocenters.